The van der Waals surface area contributed by atoms with Crippen LogP contribution in [0, 0.1) is 6.92 Å². The Hall–Kier alpha value is -1.80. The van der Waals surface area contributed by atoms with Crippen molar-refractivity contribution < 1.29 is 4.74 Å². The zero-order valence-corrected chi connectivity index (χ0v) is 12.9. The highest BCUT2D eigenvalue weighted by Crippen LogP contribution is 2.28. The van der Waals surface area contributed by atoms with Crippen LogP contribution in [-0.4, -0.2) is 6.04 Å². The number of aryl methyl sites for hydroxylation is 2. The highest BCUT2D eigenvalue weighted by atomic mass is 16.5. The Kier molecular flexibility index (Phi) is 4.26. The number of hydrogen-bond acceptors (Lipinski definition) is 2. The zero-order chi connectivity index (χ0) is 14.7. The Labute approximate surface area is 127 Å². The van der Waals surface area contributed by atoms with Gasteiger partial charge in [0.1, 0.15) is 11.5 Å². The van der Waals surface area contributed by atoms with Crippen molar-refractivity contribution >= 4 is 0 Å². The number of nitrogens with one attached hydrogen (secondary N) is 1. The lowest BCUT2D eigenvalue weighted by atomic mass is 10.1. The average Bonchev–Trinajstić information content (AvgIpc) is 3.32. The van der Waals surface area contributed by atoms with Gasteiger partial charge in [-0.3, -0.25) is 0 Å². The second-order valence-corrected chi connectivity index (χ2v) is 5.87. The first-order valence-corrected chi connectivity index (χ1v) is 7.84. The highest BCUT2D eigenvalue weighted by Gasteiger charge is 2.20. The first-order chi connectivity index (χ1) is 10.2. The van der Waals surface area contributed by atoms with E-state index in [9.17, 15) is 0 Å². The molecule has 0 aliphatic heterocycles. The third kappa shape index (κ3) is 3.85. The van der Waals surface area contributed by atoms with Crippen molar-refractivity contribution in [2.24, 2.45) is 0 Å². The second-order valence-electron chi connectivity index (χ2n) is 5.87. The molecule has 2 aromatic carbocycles. The summed E-state index contributed by atoms with van der Waals surface area (Å²) in [4.78, 5) is 0. The average molecular weight is 281 g/mol. The summed E-state index contributed by atoms with van der Waals surface area (Å²) in [5.41, 5.74) is 3.85. The molecule has 2 nitrogen and oxygen atoms in total. The number of rotatable bonds is 6. The van der Waals surface area contributed by atoms with Gasteiger partial charge in [0.05, 0.1) is 0 Å². The number of ether oxygens (including phenoxy) is 1. The molecule has 0 heterocycles. The molecule has 0 aromatic heterocycles. The smallest absolute Gasteiger partial charge is 0.131 e. The molecule has 3 rings (SSSR count). The van der Waals surface area contributed by atoms with Crippen LogP contribution in [0.25, 0.3) is 0 Å². The van der Waals surface area contributed by atoms with Crippen LogP contribution >= 0.6 is 0 Å². The minimum Gasteiger partial charge on any atom is -0.457 e. The zero-order valence-electron chi connectivity index (χ0n) is 12.9. The minimum absolute atomic E-state index is 0.710. The van der Waals surface area contributed by atoms with Crippen LogP contribution in [0.4, 0.5) is 0 Å². The van der Waals surface area contributed by atoms with E-state index in [-0.39, 0.29) is 0 Å². The van der Waals surface area contributed by atoms with Gasteiger partial charge in [-0.25, -0.2) is 0 Å². The molecule has 110 valence electrons. The van der Waals surface area contributed by atoms with Gasteiger partial charge in [-0.2, -0.15) is 0 Å². The van der Waals surface area contributed by atoms with Gasteiger partial charge in [-0.1, -0.05) is 36.8 Å². The van der Waals surface area contributed by atoms with Crippen molar-refractivity contribution in [3.8, 4) is 11.5 Å². The molecule has 2 heteroatoms. The quantitative estimate of drug-likeness (QED) is 0.835. The first kappa shape index (κ1) is 14.2. The maximum Gasteiger partial charge on any atom is 0.131 e. The highest BCUT2D eigenvalue weighted by molar-refractivity contribution is 5.40. The van der Waals surface area contributed by atoms with Crippen LogP contribution < -0.4 is 10.1 Å². The number of benzene rings is 2. The number of hydrogen-bond donors (Lipinski definition) is 1. The Morgan fingerprint density at radius 2 is 1.86 bits per heavy atom. The van der Waals surface area contributed by atoms with Gasteiger partial charge in [-0.15, -0.1) is 0 Å². The lowest BCUT2D eigenvalue weighted by Gasteiger charge is -2.13. The van der Waals surface area contributed by atoms with E-state index in [0.717, 1.165) is 24.5 Å². The Balaban J connectivity index is 1.75. The van der Waals surface area contributed by atoms with Gasteiger partial charge in [0.15, 0.2) is 0 Å². The predicted molar refractivity (Wildman–Crippen MR) is 86.9 cm³/mol. The van der Waals surface area contributed by atoms with Gasteiger partial charge in [0.25, 0.3) is 0 Å². The molecule has 0 atom stereocenters. The summed E-state index contributed by atoms with van der Waals surface area (Å²) >= 11 is 0. The molecular weight excluding hydrogens is 258 g/mol. The molecule has 0 amide bonds. The van der Waals surface area contributed by atoms with E-state index in [2.05, 4.69) is 61.6 Å². The molecule has 2 aromatic rings. The van der Waals surface area contributed by atoms with E-state index in [1.807, 2.05) is 0 Å². The van der Waals surface area contributed by atoms with Crippen LogP contribution in [0.15, 0.2) is 42.5 Å². The summed E-state index contributed by atoms with van der Waals surface area (Å²) in [5, 5.41) is 3.56. The first-order valence-electron chi connectivity index (χ1n) is 7.84. The molecular formula is C19H23NO. The van der Waals surface area contributed by atoms with Gasteiger partial charge < -0.3 is 10.1 Å². The van der Waals surface area contributed by atoms with Crippen LogP contribution in [-0.2, 0) is 13.0 Å². The monoisotopic (exact) mass is 281 g/mol. The van der Waals surface area contributed by atoms with E-state index >= 15 is 0 Å². The predicted octanol–water partition coefficient (Wildman–Crippen LogP) is 4.60. The Morgan fingerprint density at radius 3 is 2.52 bits per heavy atom. The van der Waals surface area contributed by atoms with Crippen LogP contribution in [0.5, 0.6) is 11.5 Å². The van der Waals surface area contributed by atoms with Crippen molar-refractivity contribution in [2.45, 2.75) is 45.7 Å². The van der Waals surface area contributed by atoms with E-state index in [0.29, 0.717) is 6.04 Å². The van der Waals surface area contributed by atoms with Crippen LogP contribution in [0.1, 0.15) is 36.5 Å². The third-order valence-corrected chi connectivity index (χ3v) is 3.93. The summed E-state index contributed by atoms with van der Waals surface area (Å²) < 4.78 is 6.08. The maximum absolute atomic E-state index is 6.08. The fraction of sp³-hybridized carbons (Fsp3) is 0.368. The molecule has 1 fully saturated rings. The van der Waals surface area contributed by atoms with Gasteiger partial charge in [0.2, 0.25) is 0 Å². The fourth-order valence-corrected chi connectivity index (χ4v) is 2.41. The molecule has 1 aliphatic rings. The van der Waals surface area contributed by atoms with Crippen LogP contribution in [0.2, 0.25) is 0 Å². The standard InChI is InChI=1S/C19H23NO/c1-3-15-5-9-18(10-6-15)21-19-11-4-14(2)12-16(19)13-20-17-7-8-17/h4-6,9-12,17,20H,3,7-8,13H2,1-2H3. The summed E-state index contributed by atoms with van der Waals surface area (Å²) in [6.07, 6.45) is 3.67. The van der Waals surface area contributed by atoms with E-state index in [4.69, 9.17) is 4.74 Å². The lowest BCUT2D eigenvalue weighted by molar-refractivity contribution is 0.472. The minimum atomic E-state index is 0.710. The molecule has 21 heavy (non-hydrogen) atoms. The third-order valence-electron chi connectivity index (χ3n) is 3.93. The largest absolute Gasteiger partial charge is 0.457 e. The normalized spacial score (nSPS) is 14.2. The maximum atomic E-state index is 6.08. The summed E-state index contributed by atoms with van der Waals surface area (Å²) in [6, 6.07) is 15.5. The summed E-state index contributed by atoms with van der Waals surface area (Å²) in [6.45, 7) is 5.17. The molecule has 1 aliphatic carbocycles. The van der Waals surface area contributed by atoms with Crippen molar-refractivity contribution in [3.05, 3.63) is 59.2 Å². The van der Waals surface area contributed by atoms with Crippen molar-refractivity contribution in [1.29, 1.82) is 0 Å². The Bertz CT molecular complexity index is 599. The molecule has 1 N–H and O–H groups in total. The van der Waals surface area contributed by atoms with Crippen molar-refractivity contribution in [1.82, 2.24) is 5.32 Å². The van der Waals surface area contributed by atoms with E-state index in [1.165, 1.54) is 29.5 Å². The topological polar surface area (TPSA) is 21.3 Å². The van der Waals surface area contributed by atoms with Crippen molar-refractivity contribution in [2.75, 3.05) is 0 Å². The molecule has 0 radical (unpaired) electrons. The fourth-order valence-electron chi connectivity index (χ4n) is 2.41. The lowest BCUT2D eigenvalue weighted by Crippen LogP contribution is -2.15. The van der Waals surface area contributed by atoms with Crippen molar-refractivity contribution in [3.63, 3.8) is 0 Å². The van der Waals surface area contributed by atoms with Gasteiger partial charge in [-0.05, 0) is 49.9 Å². The summed E-state index contributed by atoms with van der Waals surface area (Å²) in [7, 11) is 0. The van der Waals surface area contributed by atoms with E-state index in [1.54, 1.807) is 0 Å². The summed E-state index contributed by atoms with van der Waals surface area (Å²) in [5.74, 6) is 1.86. The molecule has 0 bridgehead atoms. The molecule has 1 saturated carbocycles. The SMILES string of the molecule is CCc1ccc(Oc2ccc(C)cc2CNC2CC2)cc1. The van der Waals surface area contributed by atoms with Gasteiger partial charge >= 0.3 is 0 Å². The molecule has 0 unspecified atom stereocenters. The van der Waals surface area contributed by atoms with Crippen LogP contribution in [0.3, 0.4) is 0 Å². The second kappa shape index (κ2) is 6.31. The molecule has 0 saturated heterocycles. The van der Waals surface area contributed by atoms with Gasteiger partial charge in [0, 0.05) is 18.2 Å². The van der Waals surface area contributed by atoms with E-state index < -0.39 is 0 Å². The molecule has 0 spiro atoms. The Morgan fingerprint density at radius 1 is 1.10 bits per heavy atom.